The first-order chi connectivity index (χ1) is 11.0. The molecule has 0 radical (unpaired) electrons. The Balaban J connectivity index is 2.04. The minimum atomic E-state index is -0.132. The molecule has 0 saturated carbocycles. The molecule has 1 amide bonds. The fourth-order valence-corrected chi connectivity index (χ4v) is 2.23. The third-order valence-electron chi connectivity index (χ3n) is 3.27. The molecule has 0 saturated heterocycles. The quantitative estimate of drug-likeness (QED) is 0.836. The van der Waals surface area contributed by atoms with Gasteiger partial charge in [0, 0.05) is 19.3 Å². The number of anilines is 2. The van der Waals surface area contributed by atoms with E-state index in [2.05, 4.69) is 22.4 Å². The van der Waals surface area contributed by atoms with Crippen molar-refractivity contribution in [1.82, 2.24) is 15.1 Å². The Morgan fingerprint density at radius 3 is 2.57 bits per heavy atom. The van der Waals surface area contributed by atoms with Crippen molar-refractivity contribution in [2.75, 3.05) is 18.9 Å². The van der Waals surface area contributed by atoms with Crippen LogP contribution < -0.4 is 5.32 Å². The van der Waals surface area contributed by atoms with Crippen LogP contribution in [0, 0.1) is 0 Å². The molecule has 1 aromatic carbocycles. The maximum atomic E-state index is 12.2. The molecule has 0 aliphatic rings. The summed E-state index contributed by atoms with van der Waals surface area (Å²) < 4.78 is 0. The molecule has 0 bridgehead atoms. The Kier molecular flexibility index (Phi) is 6.19. The van der Waals surface area contributed by atoms with Crippen molar-refractivity contribution in [3.63, 3.8) is 0 Å². The molecule has 5 nitrogen and oxygen atoms in total. The fourth-order valence-electron chi connectivity index (χ4n) is 1.93. The number of hydrogen-bond donors (Lipinski definition) is 1. The maximum Gasteiger partial charge on any atom is 0.274 e. The van der Waals surface area contributed by atoms with Crippen molar-refractivity contribution in [2.45, 2.75) is 19.8 Å². The monoisotopic (exact) mass is 352 g/mol. The highest BCUT2D eigenvalue weighted by atomic mass is 35.5. The summed E-state index contributed by atoms with van der Waals surface area (Å²) in [5, 5.41) is 12.0. The average molecular weight is 353 g/mol. The van der Waals surface area contributed by atoms with Crippen molar-refractivity contribution in [1.29, 1.82) is 0 Å². The Hall–Kier alpha value is -1.85. The minimum absolute atomic E-state index is 0.132. The predicted octanol–water partition coefficient (Wildman–Crippen LogP) is 4.40. The third-order valence-corrected chi connectivity index (χ3v) is 4.01. The van der Waals surface area contributed by atoms with Gasteiger partial charge >= 0.3 is 0 Å². The first kappa shape index (κ1) is 17.5. The number of benzene rings is 1. The summed E-state index contributed by atoms with van der Waals surface area (Å²) in [4.78, 5) is 13.8. The number of unbranched alkanes of at least 4 members (excludes halogenated alkanes) is 1. The third kappa shape index (κ3) is 4.81. The van der Waals surface area contributed by atoms with Crippen molar-refractivity contribution in [3.05, 3.63) is 46.1 Å². The van der Waals surface area contributed by atoms with Crippen LogP contribution in [0.25, 0.3) is 0 Å². The van der Waals surface area contributed by atoms with Crippen LogP contribution >= 0.6 is 23.2 Å². The minimum Gasteiger partial charge on any atom is -0.340 e. The molecule has 0 atom stereocenters. The summed E-state index contributed by atoms with van der Waals surface area (Å²) in [6, 6.07) is 8.53. The molecule has 0 unspecified atom stereocenters. The lowest BCUT2D eigenvalue weighted by Gasteiger charge is -2.15. The van der Waals surface area contributed by atoms with E-state index in [1.165, 1.54) is 0 Å². The van der Waals surface area contributed by atoms with E-state index in [0.717, 1.165) is 18.5 Å². The van der Waals surface area contributed by atoms with Gasteiger partial charge in [0.1, 0.15) is 0 Å². The van der Waals surface area contributed by atoms with Crippen molar-refractivity contribution < 1.29 is 4.79 Å². The Morgan fingerprint density at radius 2 is 1.96 bits per heavy atom. The lowest BCUT2D eigenvalue weighted by atomic mass is 10.3. The standard InChI is InChI=1S/C16H18Cl2N4O/c1-3-4-9-22(2)16(23)14-7-8-15(21-20-14)19-11-5-6-12(17)13(18)10-11/h5-8,10H,3-4,9H2,1-2H3,(H,19,21). The summed E-state index contributed by atoms with van der Waals surface area (Å²) in [7, 11) is 1.77. The van der Waals surface area contributed by atoms with Crippen LogP contribution in [0.15, 0.2) is 30.3 Å². The van der Waals surface area contributed by atoms with Gasteiger partial charge in [0.25, 0.3) is 5.91 Å². The second-order valence-corrected chi connectivity index (χ2v) is 5.95. The molecule has 2 aromatic rings. The molecule has 1 aromatic heterocycles. The molecule has 122 valence electrons. The van der Waals surface area contributed by atoms with Gasteiger partial charge in [0.05, 0.1) is 10.0 Å². The van der Waals surface area contributed by atoms with Crippen LogP contribution in [-0.2, 0) is 0 Å². The number of carbonyl (C=O) groups is 1. The van der Waals surface area contributed by atoms with E-state index in [0.29, 0.717) is 28.1 Å². The predicted molar refractivity (Wildman–Crippen MR) is 93.6 cm³/mol. The van der Waals surface area contributed by atoms with Crippen molar-refractivity contribution >= 4 is 40.6 Å². The van der Waals surface area contributed by atoms with Crippen LogP contribution in [0.4, 0.5) is 11.5 Å². The second-order valence-electron chi connectivity index (χ2n) is 5.14. The van der Waals surface area contributed by atoms with Crippen LogP contribution in [-0.4, -0.2) is 34.6 Å². The molecular formula is C16H18Cl2N4O. The van der Waals surface area contributed by atoms with E-state index in [1.54, 1.807) is 42.3 Å². The first-order valence-corrected chi connectivity index (χ1v) is 8.08. The van der Waals surface area contributed by atoms with Gasteiger partial charge in [-0.15, -0.1) is 10.2 Å². The van der Waals surface area contributed by atoms with Gasteiger partial charge in [-0.1, -0.05) is 36.5 Å². The largest absolute Gasteiger partial charge is 0.340 e. The molecular weight excluding hydrogens is 335 g/mol. The van der Waals surface area contributed by atoms with Gasteiger partial charge < -0.3 is 10.2 Å². The van der Waals surface area contributed by atoms with E-state index in [9.17, 15) is 4.79 Å². The van der Waals surface area contributed by atoms with E-state index in [1.807, 2.05) is 0 Å². The lowest BCUT2D eigenvalue weighted by molar-refractivity contribution is 0.0786. The zero-order chi connectivity index (χ0) is 16.8. The highest BCUT2D eigenvalue weighted by Crippen LogP contribution is 2.26. The van der Waals surface area contributed by atoms with Gasteiger partial charge in [-0.25, -0.2) is 0 Å². The van der Waals surface area contributed by atoms with Crippen LogP contribution in [0.2, 0.25) is 10.0 Å². The highest BCUT2D eigenvalue weighted by Gasteiger charge is 2.13. The summed E-state index contributed by atoms with van der Waals surface area (Å²) in [6.07, 6.45) is 2.00. The summed E-state index contributed by atoms with van der Waals surface area (Å²) in [6.45, 7) is 2.79. The van der Waals surface area contributed by atoms with Crippen LogP contribution in [0.1, 0.15) is 30.3 Å². The highest BCUT2D eigenvalue weighted by molar-refractivity contribution is 6.42. The molecule has 0 fully saturated rings. The number of halogens is 2. The molecule has 23 heavy (non-hydrogen) atoms. The van der Waals surface area contributed by atoms with Gasteiger partial charge in [-0.3, -0.25) is 4.79 Å². The smallest absolute Gasteiger partial charge is 0.274 e. The number of amides is 1. The normalized spacial score (nSPS) is 10.4. The maximum absolute atomic E-state index is 12.2. The van der Waals surface area contributed by atoms with E-state index < -0.39 is 0 Å². The molecule has 1 heterocycles. The summed E-state index contributed by atoms with van der Waals surface area (Å²) in [5.41, 5.74) is 1.07. The molecule has 7 heteroatoms. The van der Waals surface area contributed by atoms with Gasteiger partial charge in [0.15, 0.2) is 11.5 Å². The Morgan fingerprint density at radius 1 is 1.17 bits per heavy atom. The summed E-state index contributed by atoms with van der Waals surface area (Å²) in [5.74, 6) is 0.392. The van der Waals surface area contributed by atoms with E-state index >= 15 is 0 Å². The van der Waals surface area contributed by atoms with Crippen LogP contribution in [0.3, 0.4) is 0 Å². The molecule has 0 aliphatic heterocycles. The second kappa shape index (κ2) is 8.13. The number of rotatable bonds is 6. The lowest BCUT2D eigenvalue weighted by Crippen LogP contribution is -2.28. The average Bonchev–Trinajstić information content (AvgIpc) is 2.56. The topological polar surface area (TPSA) is 58.1 Å². The number of hydrogen-bond acceptors (Lipinski definition) is 4. The van der Waals surface area contributed by atoms with E-state index in [-0.39, 0.29) is 5.91 Å². The molecule has 2 rings (SSSR count). The first-order valence-electron chi connectivity index (χ1n) is 7.32. The molecule has 0 spiro atoms. The SMILES string of the molecule is CCCCN(C)C(=O)c1ccc(Nc2ccc(Cl)c(Cl)c2)nn1. The molecule has 1 N–H and O–H groups in total. The van der Waals surface area contributed by atoms with Crippen LogP contribution in [0.5, 0.6) is 0 Å². The summed E-state index contributed by atoms with van der Waals surface area (Å²) >= 11 is 11.8. The number of nitrogens with zero attached hydrogens (tertiary/aromatic N) is 3. The number of nitrogens with one attached hydrogen (secondary N) is 1. The number of aromatic nitrogens is 2. The Labute approximate surface area is 145 Å². The number of carbonyl (C=O) groups excluding carboxylic acids is 1. The van der Waals surface area contributed by atoms with Gasteiger partial charge in [0.2, 0.25) is 0 Å². The van der Waals surface area contributed by atoms with Crippen molar-refractivity contribution in [3.8, 4) is 0 Å². The zero-order valence-electron chi connectivity index (χ0n) is 13.0. The van der Waals surface area contributed by atoms with Gasteiger partial charge in [-0.05, 0) is 36.8 Å². The van der Waals surface area contributed by atoms with Gasteiger partial charge in [-0.2, -0.15) is 0 Å². The molecule has 0 aliphatic carbocycles. The van der Waals surface area contributed by atoms with E-state index in [4.69, 9.17) is 23.2 Å². The van der Waals surface area contributed by atoms with Crippen molar-refractivity contribution in [2.24, 2.45) is 0 Å². The zero-order valence-corrected chi connectivity index (χ0v) is 14.5. The fraction of sp³-hybridized carbons (Fsp3) is 0.312. The Bertz CT molecular complexity index is 676.